The summed E-state index contributed by atoms with van der Waals surface area (Å²) in [4.78, 5) is 35.8. The van der Waals surface area contributed by atoms with Crippen molar-refractivity contribution < 1.29 is 33.0 Å². The van der Waals surface area contributed by atoms with Crippen LogP contribution in [0.5, 0.6) is 0 Å². The molecule has 2 rings (SSSR count). The number of hydrogen-bond donors (Lipinski definition) is 3. The van der Waals surface area contributed by atoms with E-state index in [1.54, 1.807) is 0 Å². The number of amides is 1. The number of benzene rings is 1. The fourth-order valence-electron chi connectivity index (χ4n) is 2.62. The summed E-state index contributed by atoms with van der Waals surface area (Å²) >= 11 is 0. The van der Waals surface area contributed by atoms with Crippen molar-refractivity contribution in [3.05, 3.63) is 29.3 Å². The molecule has 124 valence electrons. The quantitative estimate of drug-likeness (QED) is 0.664. The lowest BCUT2D eigenvalue weighted by Crippen LogP contribution is -2.30. The van der Waals surface area contributed by atoms with Crippen molar-refractivity contribution in [3.63, 3.8) is 0 Å². The minimum absolute atomic E-state index is 0.111. The van der Waals surface area contributed by atoms with Crippen molar-refractivity contribution in [3.8, 4) is 0 Å². The van der Waals surface area contributed by atoms with Gasteiger partial charge < -0.3 is 15.1 Å². The SMILES string of the molecule is NS(=O)(=O)CC1CC(=O)N(c2c(C(=O)O)cccc2C(=O)O)C1. The van der Waals surface area contributed by atoms with E-state index >= 15 is 0 Å². The number of hydrogen-bond acceptors (Lipinski definition) is 5. The van der Waals surface area contributed by atoms with E-state index in [1.165, 1.54) is 18.2 Å². The molecule has 1 heterocycles. The highest BCUT2D eigenvalue weighted by Gasteiger charge is 2.36. The number of nitrogens with zero attached hydrogens (tertiary/aromatic N) is 1. The van der Waals surface area contributed by atoms with Crippen LogP contribution in [0.2, 0.25) is 0 Å². The maximum Gasteiger partial charge on any atom is 0.337 e. The monoisotopic (exact) mass is 342 g/mol. The largest absolute Gasteiger partial charge is 0.478 e. The average molecular weight is 342 g/mol. The van der Waals surface area contributed by atoms with Crippen LogP contribution in [0.25, 0.3) is 0 Å². The number of carboxylic acid groups (broad SMARTS) is 2. The van der Waals surface area contributed by atoms with Crippen molar-refractivity contribution in [2.24, 2.45) is 11.1 Å². The van der Waals surface area contributed by atoms with Gasteiger partial charge in [-0.25, -0.2) is 23.1 Å². The lowest BCUT2D eigenvalue weighted by molar-refractivity contribution is -0.117. The van der Waals surface area contributed by atoms with Gasteiger partial charge in [-0.1, -0.05) is 6.07 Å². The van der Waals surface area contributed by atoms with Gasteiger partial charge in [0.1, 0.15) is 0 Å². The molecule has 0 aromatic heterocycles. The molecule has 1 aromatic carbocycles. The Bertz CT molecular complexity index is 755. The zero-order valence-electron chi connectivity index (χ0n) is 11.8. The molecule has 1 aliphatic heterocycles. The van der Waals surface area contributed by atoms with Gasteiger partial charge in [-0.3, -0.25) is 4.79 Å². The summed E-state index contributed by atoms with van der Waals surface area (Å²) in [5, 5.41) is 23.4. The van der Waals surface area contributed by atoms with Gasteiger partial charge in [0.15, 0.2) is 0 Å². The number of rotatable bonds is 5. The summed E-state index contributed by atoms with van der Waals surface area (Å²) in [5.41, 5.74) is -0.918. The number of primary sulfonamides is 1. The average Bonchev–Trinajstić information content (AvgIpc) is 2.75. The predicted molar refractivity (Wildman–Crippen MR) is 78.8 cm³/mol. The first kappa shape index (κ1) is 16.9. The summed E-state index contributed by atoms with van der Waals surface area (Å²) in [6.45, 7) is -0.111. The number of carboxylic acids is 2. The predicted octanol–water partition coefficient (Wildman–Crippen LogP) is -0.276. The fourth-order valence-corrected chi connectivity index (χ4v) is 3.50. The molecule has 23 heavy (non-hydrogen) atoms. The number of carbonyl (C=O) groups excluding carboxylic acids is 1. The van der Waals surface area contributed by atoms with E-state index in [0.717, 1.165) is 4.90 Å². The Morgan fingerprint density at radius 2 is 1.74 bits per heavy atom. The Kier molecular flexibility index (Phi) is 4.39. The van der Waals surface area contributed by atoms with Gasteiger partial charge >= 0.3 is 11.9 Å². The van der Waals surface area contributed by atoms with Gasteiger partial charge in [-0.15, -0.1) is 0 Å². The Morgan fingerprint density at radius 3 is 2.17 bits per heavy atom. The molecule has 1 fully saturated rings. The number of nitrogens with two attached hydrogens (primary N) is 1. The summed E-state index contributed by atoms with van der Waals surface area (Å²) < 4.78 is 22.3. The van der Waals surface area contributed by atoms with Gasteiger partial charge in [0.25, 0.3) is 0 Å². The standard InChI is InChI=1S/C13H14N2O7S/c14-23(21,22)6-7-4-10(16)15(5-7)11-8(12(17)18)2-1-3-9(11)13(19)20/h1-3,7H,4-6H2,(H,17,18)(H,19,20)(H2,14,21,22). The van der Waals surface area contributed by atoms with Crippen LogP contribution in [0.1, 0.15) is 27.1 Å². The Morgan fingerprint density at radius 1 is 1.22 bits per heavy atom. The number of para-hydroxylation sites is 1. The fraction of sp³-hybridized carbons (Fsp3) is 0.308. The molecule has 1 aliphatic rings. The van der Waals surface area contributed by atoms with Crippen molar-refractivity contribution in [2.75, 3.05) is 17.2 Å². The Labute approximate surface area is 131 Å². The van der Waals surface area contributed by atoms with Crippen molar-refractivity contribution in [1.29, 1.82) is 0 Å². The number of sulfonamides is 1. The minimum Gasteiger partial charge on any atom is -0.478 e. The molecule has 0 saturated carbocycles. The second-order valence-corrected chi connectivity index (χ2v) is 6.88. The van der Waals surface area contributed by atoms with E-state index < -0.39 is 39.5 Å². The Balaban J connectivity index is 2.47. The summed E-state index contributed by atoms with van der Waals surface area (Å²) in [5.74, 6) is -4.38. The third kappa shape index (κ3) is 3.66. The van der Waals surface area contributed by atoms with Crippen molar-refractivity contribution >= 4 is 33.6 Å². The highest BCUT2D eigenvalue weighted by atomic mass is 32.2. The molecule has 0 bridgehead atoms. The molecule has 1 aromatic rings. The second-order valence-electron chi connectivity index (χ2n) is 5.22. The Hall–Kier alpha value is -2.46. The maximum absolute atomic E-state index is 12.1. The number of aromatic carboxylic acids is 2. The first-order valence-electron chi connectivity index (χ1n) is 6.50. The van der Waals surface area contributed by atoms with Crippen LogP contribution < -0.4 is 10.0 Å². The van der Waals surface area contributed by atoms with E-state index in [0.29, 0.717) is 0 Å². The molecular weight excluding hydrogens is 328 g/mol. The van der Waals surface area contributed by atoms with Gasteiger partial charge in [0, 0.05) is 18.9 Å². The van der Waals surface area contributed by atoms with Gasteiger partial charge in [0.2, 0.25) is 15.9 Å². The lowest BCUT2D eigenvalue weighted by Gasteiger charge is -2.21. The van der Waals surface area contributed by atoms with Gasteiger partial charge in [0.05, 0.1) is 22.6 Å². The van der Waals surface area contributed by atoms with Gasteiger partial charge in [-0.05, 0) is 12.1 Å². The molecule has 0 aliphatic carbocycles. The smallest absolute Gasteiger partial charge is 0.337 e. The number of anilines is 1. The van der Waals surface area contributed by atoms with E-state index in [-0.39, 0.29) is 29.8 Å². The lowest BCUT2D eigenvalue weighted by atomic mass is 10.1. The molecule has 4 N–H and O–H groups in total. The summed E-state index contributed by atoms with van der Waals surface area (Å²) in [6.07, 6.45) is -0.149. The molecule has 1 unspecified atom stereocenters. The normalized spacial score (nSPS) is 18.2. The van der Waals surface area contributed by atoms with Crippen LogP contribution in [0.3, 0.4) is 0 Å². The third-order valence-electron chi connectivity index (χ3n) is 3.44. The molecule has 0 spiro atoms. The zero-order valence-corrected chi connectivity index (χ0v) is 12.6. The van der Waals surface area contributed by atoms with Crippen LogP contribution in [-0.2, 0) is 14.8 Å². The molecule has 9 nitrogen and oxygen atoms in total. The second kappa shape index (κ2) is 5.97. The molecule has 1 saturated heterocycles. The van der Waals surface area contributed by atoms with Crippen LogP contribution in [0.15, 0.2) is 18.2 Å². The highest BCUT2D eigenvalue weighted by molar-refractivity contribution is 7.89. The van der Waals surface area contributed by atoms with E-state index in [2.05, 4.69) is 0 Å². The summed E-state index contributed by atoms with van der Waals surface area (Å²) in [6, 6.07) is 3.63. The molecule has 10 heteroatoms. The van der Waals surface area contributed by atoms with E-state index in [4.69, 9.17) is 5.14 Å². The van der Waals surface area contributed by atoms with Crippen molar-refractivity contribution in [2.45, 2.75) is 6.42 Å². The molecule has 1 amide bonds. The topological polar surface area (TPSA) is 155 Å². The number of carbonyl (C=O) groups is 3. The zero-order chi connectivity index (χ0) is 17.4. The molecule has 1 atom stereocenters. The van der Waals surface area contributed by atoms with E-state index in [9.17, 15) is 33.0 Å². The first-order chi connectivity index (χ1) is 10.6. The highest BCUT2D eigenvalue weighted by Crippen LogP contribution is 2.32. The van der Waals surface area contributed by atoms with Gasteiger partial charge in [-0.2, -0.15) is 0 Å². The van der Waals surface area contributed by atoms with Crippen molar-refractivity contribution in [1.82, 2.24) is 0 Å². The van der Waals surface area contributed by atoms with E-state index in [1.807, 2.05) is 0 Å². The third-order valence-corrected chi connectivity index (χ3v) is 4.38. The van der Waals surface area contributed by atoms with Crippen LogP contribution in [-0.4, -0.2) is 48.8 Å². The van der Waals surface area contributed by atoms with Crippen LogP contribution >= 0.6 is 0 Å². The first-order valence-corrected chi connectivity index (χ1v) is 8.22. The molecule has 0 radical (unpaired) electrons. The summed E-state index contributed by atoms with van der Waals surface area (Å²) in [7, 11) is -3.80. The van der Waals surface area contributed by atoms with Crippen LogP contribution in [0, 0.1) is 5.92 Å². The minimum atomic E-state index is -3.80. The van der Waals surface area contributed by atoms with Crippen LogP contribution in [0.4, 0.5) is 5.69 Å². The molecular formula is C13H14N2O7S. The maximum atomic E-state index is 12.1.